The lowest BCUT2D eigenvalue weighted by Gasteiger charge is -2.06. The van der Waals surface area contributed by atoms with E-state index >= 15 is 0 Å². The summed E-state index contributed by atoms with van der Waals surface area (Å²) in [6, 6.07) is 2.03. The van der Waals surface area contributed by atoms with Gasteiger partial charge in [-0.25, -0.2) is 0 Å². The van der Waals surface area contributed by atoms with E-state index in [-0.39, 0.29) is 0 Å². The molecule has 1 aromatic rings. The largest absolute Gasteiger partial charge is 0.416 e. The van der Waals surface area contributed by atoms with Crippen LogP contribution in [-0.2, 0) is 10.6 Å². The van der Waals surface area contributed by atoms with Crippen LogP contribution >= 0.6 is 22.6 Å². The molecule has 12 heavy (non-hydrogen) atoms. The lowest BCUT2D eigenvalue weighted by Crippen LogP contribution is -2.05. The van der Waals surface area contributed by atoms with Crippen molar-refractivity contribution in [3.63, 3.8) is 0 Å². The quantitative estimate of drug-likeness (QED) is 0.571. The predicted octanol–water partition coefficient (Wildman–Crippen LogP) is 3.04. The molecular formula is C7H5F3IN. The van der Waals surface area contributed by atoms with Crippen LogP contribution in [0, 0.1) is 0 Å². The molecule has 0 spiro atoms. The third-order valence-corrected chi connectivity index (χ3v) is 2.06. The number of alkyl halides is 4. The highest BCUT2D eigenvalue weighted by Gasteiger charge is 2.30. The highest BCUT2D eigenvalue weighted by molar-refractivity contribution is 14.1. The van der Waals surface area contributed by atoms with Gasteiger partial charge in [-0.15, -0.1) is 0 Å². The Kier molecular flexibility index (Phi) is 2.92. The first-order chi connectivity index (χ1) is 5.54. The molecule has 0 aromatic carbocycles. The number of halogens is 4. The third kappa shape index (κ3) is 2.33. The van der Waals surface area contributed by atoms with Crippen molar-refractivity contribution in [2.75, 3.05) is 0 Å². The van der Waals surface area contributed by atoms with Crippen LogP contribution < -0.4 is 0 Å². The molecule has 0 bridgehead atoms. The number of aromatic nitrogens is 1. The standard InChI is InChI=1S/C7H5F3IN/c8-7(9,10)5-1-2-12-6(3-5)4-11/h1-3H,4H2. The van der Waals surface area contributed by atoms with E-state index < -0.39 is 11.7 Å². The predicted molar refractivity (Wildman–Crippen MR) is 47.0 cm³/mol. The van der Waals surface area contributed by atoms with E-state index in [4.69, 9.17) is 0 Å². The van der Waals surface area contributed by atoms with Gasteiger partial charge in [-0.05, 0) is 12.1 Å². The number of rotatable bonds is 1. The molecule has 1 nitrogen and oxygen atoms in total. The van der Waals surface area contributed by atoms with Crippen molar-refractivity contribution in [1.82, 2.24) is 4.98 Å². The summed E-state index contributed by atoms with van der Waals surface area (Å²) in [5, 5.41) is 0. The average molecular weight is 287 g/mol. The van der Waals surface area contributed by atoms with Gasteiger partial charge in [-0.1, -0.05) is 22.6 Å². The van der Waals surface area contributed by atoms with Gasteiger partial charge in [-0.2, -0.15) is 13.2 Å². The molecule has 0 saturated carbocycles. The zero-order valence-corrected chi connectivity index (χ0v) is 8.06. The molecule has 0 aliphatic carbocycles. The molecular weight excluding hydrogens is 282 g/mol. The maximum absolute atomic E-state index is 12.1. The maximum atomic E-state index is 12.1. The molecule has 0 amide bonds. The number of hydrogen-bond acceptors (Lipinski definition) is 1. The van der Waals surface area contributed by atoms with E-state index in [1.807, 2.05) is 22.6 Å². The van der Waals surface area contributed by atoms with Crippen LogP contribution in [0.3, 0.4) is 0 Å². The molecule has 0 unspecified atom stereocenters. The van der Waals surface area contributed by atoms with E-state index in [9.17, 15) is 13.2 Å². The van der Waals surface area contributed by atoms with Gasteiger partial charge < -0.3 is 0 Å². The summed E-state index contributed by atoms with van der Waals surface area (Å²) in [6.07, 6.45) is -3.08. The minimum atomic E-state index is -4.26. The molecule has 1 aromatic heterocycles. The fourth-order valence-corrected chi connectivity index (χ4v) is 1.14. The van der Waals surface area contributed by atoms with Crippen molar-refractivity contribution in [3.05, 3.63) is 29.6 Å². The summed E-state index contributed by atoms with van der Waals surface area (Å²) >= 11 is 1.97. The van der Waals surface area contributed by atoms with Gasteiger partial charge >= 0.3 is 6.18 Å². The summed E-state index contributed by atoms with van der Waals surface area (Å²) in [6.45, 7) is 0. The van der Waals surface area contributed by atoms with E-state index in [1.165, 1.54) is 6.20 Å². The molecule has 1 heterocycles. The molecule has 66 valence electrons. The van der Waals surface area contributed by atoms with E-state index in [1.54, 1.807) is 0 Å². The minimum absolute atomic E-state index is 0.449. The van der Waals surface area contributed by atoms with E-state index in [0.29, 0.717) is 10.1 Å². The second-order valence-electron chi connectivity index (χ2n) is 2.17. The first-order valence-electron chi connectivity index (χ1n) is 3.12. The highest BCUT2D eigenvalue weighted by atomic mass is 127. The Bertz CT molecular complexity index is 272. The van der Waals surface area contributed by atoms with E-state index in [2.05, 4.69) is 4.98 Å². The van der Waals surface area contributed by atoms with Crippen molar-refractivity contribution in [2.24, 2.45) is 0 Å². The normalized spacial score (nSPS) is 11.7. The Hall–Kier alpha value is -0.330. The van der Waals surface area contributed by atoms with Gasteiger partial charge in [0.1, 0.15) is 0 Å². The van der Waals surface area contributed by atoms with Crippen LogP contribution in [0.25, 0.3) is 0 Å². The molecule has 0 atom stereocenters. The van der Waals surface area contributed by atoms with Crippen LogP contribution in [0.1, 0.15) is 11.3 Å². The van der Waals surface area contributed by atoms with Gasteiger partial charge in [0.15, 0.2) is 0 Å². The summed E-state index contributed by atoms with van der Waals surface area (Å²) in [4.78, 5) is 3.76. The van der Waals surface area contributed by atoms with Crippen LogP contribution in [0.5, 0.6) is 0 Å². The van der Waals surface area contributed by atoms with Gasteiger partial charge in [0.25, 0.3) is 0 Å². The van der Waals surface area contributed by atoms with Crippen molar-refractivity contribution >= 4 is 22.6 Å². The van der Waals surface area contributed by atoms with Gasteiger partial charge in [0.05, 0.1) is 11.3 Å². The number of pyridine rings is 1. The molecule has 0 fully saturated rings. The number of nitrogens with zero attached hydrogens (tertiary/aromatic N) is 1. The van der Waals surface area contributed by atoms with Gasteiger partial charge in [-0.3, -0.25) is 4.98 Å². The second-order valence-corrected chi connectivity index (χ2v) is 2.93. The Morgan fingerprint density at radius 1 is 1.42 bits per heavy atom. The summed E-state index contributed by atoms with van der Waals surface area (Å²) in [7, 11) is 0. The van der Waals surface area contributed by atoms with Gasteiger partial charge in [0, 0.05) is 10.6 Å². The number of hydrogen-bond donors (Lipinski definition) is 0. The van der Waals surface area contributed by atoms with Crippen LogP contribution in [0.2, 0.25) is 0 Å². The Morgan fingerprint density at radius 3 is 2.58 bits per heavy atom. The third-order valence-electron chi connectivity index (χ3n) is 1.28. The van der Waals surface area contributed by atoms with Crippen LogP contribution in [0.15, 0.2) is 18.3 Å². The molecule has 1 rings (SSSR count). The Morgan fingerprint density at radius 2 is 2.08 bits per heavy atom. The Labute approximate surface area is 81.1 Å². The van der Waals surface area contributed by atoms with Crippen molar-refractivity contribution in [3.8, 4) is 0 Å². The summed E-state index contributed by atoms with van der Waals surface area (Å²) in [5.74, 6) is 0. The van der Waals surface area contributed by atoms with Crippen molar-refractivity contribution in [1.29, 1.82) is 0 Å². The molecule has 0 saturated heterocycles. The first kappa shape index (κ1) is 9.76. The first-order valence-corrected chi connectivity index (χ1v) is 4.64. The SMILES string of the molecule is FC(F)(F)c1ccnc(CI)c1. The summed E-state index contributed by atoms with van der Waals surface area (Å²) < 4.78 is 36.7. The molecule has 0 radical (unpaired) electrons. The van der Waals surface area contributed by atoms with Crippen LogP contribution in [-0.4, -0.2) is 4.98 Å². The lowest BCUT2D eigenvalue weighted by molar-refractivity contribution is -0.137. The molecule has 0 N–H and O–H groups in total. The fourth-order valence-electron chi connectivity index (χ4n) is 0.728. The average Bonchev–Trinajstić information content (AvgIpc) is 2.03. The topological polar surface area (TPSA) is 12.9 Å². The summed E-state index contributed by atoms with van der Waals surface area (Å²) in [5.41, 5.74) is -0.186. The van der Waals surface area contributed by atoms with Crippen molar-refractivity contribution < 1.29 is 13.2 Å². The Balaban J connectivity index is 3.02. The van der Waals surface area contributed by atoms with Crippen LogP contribution in [0.4, 0.5) is 13.2 Å². The zero-order valence-electron chi connectivity index (χ0n) is 5.90. The minimum Gasteiger partial charge on any atom is -0.260 e. The smallest absolute Gasteiger partial charge is 0.260 e. The highest BCUT2D eigenvalue weighted by Crippen LogP contribution is 2.29. The zero-order chi connectivity index (χ0) is 9.19. The molecule has 0 aliphatic heterocycles. The van der Waals surface area contributed by atoms with E-state index in [0.717, 1.165) is 12.1 Å². The monoisotopic (exact) mass is 287 g/mol. The second kappa shape index (κ2) is 3.59. The molecule has 5 heteroatoms. The van der Waals surface area contributed by atoms with Gasteiger partial charge in [0.2, 0.25) is 0 Å². The fraction of sp³-hybridized carbons (Fsp3) is 0.286. The molecule has 0 aliphatic rings. The maximum Gasteiger partial charge on any atom is 0.416 e. The van der Waals surface area contributed by atoms with Crippen molar-refractivity contribution in [2.45, 2.75) is 10.6 Å². The lowest BCUT2D eigenvalue weighted by atomic mass is 10.2.